The Hall–Kier alpha value is -0.570. The molecule has 2 rings (SSSR count). The van der Waals surface area contributed by atoms with Crippen LogP contribution >= 0.6 is 0 Å². The topological polar surface area (TPSA) is 40.5 Å². The van der Waals surface area contributed by atoms with Gasteiger partial charge in [-0.15, -0.1) is 0 Å². The molecule has 3 nitrogen and oxygen atoms in total. The van der Waals surface area contributed by atoms with Gasteiger partial charge in [-0.25, -0.2) is 0 Å². The number of rotatable bonds is 7. The van der Waals surface area contributed by atoms with Crippen LogP contribution in [-0.4, -0.2) is 35.6 Å². The van der Waals surface area contributed by atoms with Gasteiger partial charge in [0.1, 0.15) is 0 Å². The molecule has 1 saturated carbocycles. The summed E-state index contributed by atoms with van der Waals surface area (Å²) in [5.41, 5.74) is 0.658. The summed E-state index contributed by atoms with van der Waals surface area (Å²) in [7, 11) is 0. The van der Waals surface area contributed by atoms with Crippen LogP contribution in [0.3, 0.4) is 0 Å². The van der Waals surface area contributed by atoms with Crippen LogP contribution in [0.15, 0.2) is 0 Å². The molecule has 1 spiro atoms. The van der Waals surface area contributed by atoms with Crippen molar-refractivity contribution < 1.29 is 9.90 Å². The minimum absolute atomic E-state index is 0.326. The molecule has 1 N–H and O–H groups in total. The molecular weight excluding hydrogens is 262 g/mol. The maximum atomic E-state index is 10.8. The minimum atomic E-state index is -0.651. The highest BCUT2D eigenvalue weighted by Crippen LogP contribution is 2.43. The summed E-state index contributed by atoms with van der Waals surface area (Å²) in [5.74, 6) is 0.506. The number of aliphatic carboxylic acids is 1. The zero-order chi connectivity index (χ0) is 15.3. The smallest absolute Gasteiger partial charge is 0.303 e. The van der Waals surface area contributed by atoms with Crippen LogP contribution in [0.4, 0.5) is 0 Å². The molecule has 1 unspecified atom stereocenters. The Morgan fingerprint density at radius 1 is 1.10 bits per heavy atom. The van der Waals surface area contributed by atoms with Gasteiger partial charge in [0, 0.05) is 19.5 Å². The molecule has 21 heavy (non-hydrogen) atoms. The van der Waals surface area contributed by atoms with Crippen LogP contribution < -0.4 is 0 Å². The highest BCUT2D eigenvalue weighted by molar-refractivity contribution is 5.66. The molecule has 3 heteroatoms. The molecule has 2 fully saturated rings. The lowest BCUT2D eigenvalue weighted by Crippen LogP contribution is -2.56. The predicted molar refractivity (Wildman–Crippen MR) is 86.4 cm³/mol. The van der Waals surface area contributed by atoms with E-state index in [4.69, 9.17) is 5.11 Å². The Morgan fingerprint density at radius 3 is 2.24 bits per heavy atom. The van der Waals surface area contributed by atoms with E-state index in [1.165, 1.54) is 64.6 Å². The average Bonchev–Trinajstić information content (AvgIpc) is 2.62. The number of hydrogen-bond donors (Lipinski definition) is 1. The van der Waals surface area contributed by atoms with Crippen LogP contribution in [0.5, 0.6) is 0 Å². The van der Waals surface area contributed by atoms with E-state index in [1.54, 1.807) is 0 Å². The number of carboxylic acids is 1. The fraction of sp³-hybridized carbons (Fsp3) is 0.944. The van der Waals surface area contributed by atoms with Gasteiger partial charge in [0.05, 0.1) is 0 Å². The maximum absolute atomic E-state index is 10.8. The molecule has 1 atom stereocenters. The number of carboxylic acid groups (broad SMARTS) is 1. The van der Waals surface area contributed by atoms with Gasteiger partial charge in [-0.05, 0) is 49.5 Å². The van der Waals surface area contributed by atoms with E-state index in [0.29, 0.717) is 23.7 Å². The quantitative estimate of drug-likeness (QED) is 0.766. The number of carbonyl (C=O) groups is 1. The zero-order valence-electron chi connectivity index (χ0n) is 13.9. The van der Waals surface area contributed by atoms with Crippen LogP contribution in [0.1, 0.15) is 71.6 Å². The zero-order valence-corrected chi connectivity index (χ0v) is 13.9. The summed E-state index contributed by atoms with van der Waals surface area (Å²) >= 11 is 0. The largest absolute Gasteiger partial charge is 0.481 e. The SMILES string of the molecule is CC(C)C(CCC(=O)O)CCN1CC2(CCCCCC2)C1. The summed E-state index contributed by atoms with van der Waals surface area (Å²) in [6.45, 7) is 8.24. The van der Waals surface area contributed by atoms with Gasteiger partial charge < -0.3 is 10.0 Å². The Labute approximate surface area is 130 Å². The van der Waals surface area contributed by atoms with Gasteiger partial charge in [0.2, 0.25) is 0 Å². The molecule has 1 heterocycles. The third-order valence-electron chi connectivity index (χ3n) is 5.77. The van der Waals surface area contributed by atoms with Gasteiger partial charge in [-0.3, -0.25) is 4.79 Å². The Kier molecular flexibility index (Phi) is 6.09. The molecule has 1 saturated heterocycles. The number of nitrogens with zero attached hydrogens (tertiary/aromatic N) is 1. The monoisotopic (exact) mass is 295 g/mol. The second-order valence-corrected chi connectivity index (χ2v) is 7.85. The standard InChI is InChI=1S/C18H33NO2/c1-15(2)16(7-8-17(20)21)9-12-19-13-18(14-19)10-5-3-4-6-11-18/h15-16H,3-14H2,1-2H3,(H,20,21). The predicted octanol–water partition coefficient (Wildman–Crippen LogP) is 4.17. The van der Waals surface area contributed by atoms with Crippen molar-refractivity contribution in [1.82, 2.24) is 4.90 Å². The van der Waals surface area contributed by atoms with Crippen LogP contribution in [0.2, 0.25) is 0 Å². The average molecular weight is 295 g/mol. The van der Waals surface area contributed by atoms with Crippen molar-refractivity contribution in [1.29, 1.82) is 0 Å². The highest BCUT2D eigenvalue weighted by Gasteiger charge is 2.42. The lowest BCUT2D eigenvalue weighted by molar-refractivity contribution is -0.137. The van der Waals surface area contributed by atoms with Gasteiger partial charge in [0.25, 0.3) is 0 Å². The first-order chi connectivity index (χ1) is 10.0. The molecule has 0 aromatic rings. The van der Waals surface area contributed by atoms with Crippen LogP contribution in [0, 0.1) is 17.3 Å². The van der Waals surface area contributed by atoms with Crippen molar-refractivity contribution in [2.45, 2.75) is 71.6 Å². The van der Waals surface area contributed by atoms with Crippen molar-refractivity contribution in [3.8, 4) is 0 Å². The summed E-state index contributed by atoms with van der Waals surface area (Å²) in [6, 6.07) is 0. The van der Waals surface area contributed by atoms with Crippen LogP contribution in [0.25, 0.3) is 0 Å². The Morgan fingerprint density at radius 2 is 1.71 bits per heavy atom. The normalized spacial score (nSPS) is 23.8. The fourth-order valence-corrected chi connectivity index (χ4v) is 4.32. The third kappa shape index (κ3) is 4.98. The van der Waals surface area contributed by atoms with Crippen molar-refractivity contribution in [2.24, 2.45) is 17.3 Å². The van der Waals surface area contributed by atoms with Gasteiger partial charge in [-0.1, -0.05) is 39.5 Å². The molecule has 2 aliphatic rings. The minimum Gasteiger partial charge on any atom is -0.481 e. The molecule has 122 valence electrons. The highest BCUT2D eigenvalue weighted by atomic mass is 16.4. The lowest BCUT2D eigenvalue weighted by Gasteiger charge is -2.51. The lowest BCUT2D eigenvalue weighted by atomic mass is 9.73. The molecule has 0 radical (unpaired) electrons. The molecule has 0 amide bonds. The van der Waals surface area contributed by atoms with E-state index in [2.05, 4.69) is 18.7 Å². The Bertz CT molecular complexity index is 324. The molecule has 0 aromatic carbocycles. The summed E-state index contributed by atoms with van der Waals surface area (Å²) in [5, 5.41) is 8.86. The first-order valence-corrected chi connectivity index (χ1v) is 8.95. The van der Waals surface area contributed by atoms with Crippen LogP contribution in [-0.2, 0) is 4.79 Å². The van der Waals surface area contributed by atoms with Gasteiger partial charge in [-0.2, -0.15) is 0 Å². The number of hydrogen-bond acceptors (Lipinski definition) is 2. The fourth-order valence-electron chi connectivity index (χ4n) is 4.32. The first kappa shape index (κ1) is 16.8. The molecule has 1 aliphatic heterocycles. The maximum Gasteiger partial charge on any atom is 0.303 e. The second-order valence-electron chi connectivity index (χ2n) is 7.85. The van der Waals surface area contributed by atoms with E-state index in [-0.39, 0.29) is 0 Å². The van der Waals surface area contributed by atoms with E-state index < -0.39 is 5.97 Å². The first-order valence-electron chi connectivity index (χ1n) is 8.95. The molecule has 1 aliphatic carbocycles. The summed E-state index contributed by atoms with van der Waals surface area (Å²) in [6.07, 6.45) is 11.0. The van der Waals surface area contributed by atoms with E-state index >= 15 is 0 Å². The van der Waals surface area contributed by atoms with E-state index in [0.717, 1.165) is 6.42 Å². The molecule has 0 aromatic heterocycles. The van der Waals surface area contributed by atoms with Crippen molar-refractivity contribution in [2.75, 3.05) is 19.6 Å². The Balaban J connectivity index is 1.69. The molecule has 0 bridgehead atoms. The van der Waals surface area contributed by atoms with Crippen molar-refractivity contribution in [3.63, 3.8) is 0 Å². The number of likely N-dealkylation sites (tertiary alicyclic amines) is 1. The van der Waals surface area contributed by atoms with Crippen molar-refractivity contribution >= 4 is 5.97 Å². The van der Waals surface area contributed by atoms with Gasteiger partial charge in [0.15, 0.2) is 0 Å². The van der Waals surface area contributed by atoms with Crippen molar-refractivity contribution in [3.05, 3.63) is 0 Å². The molecular formula is C18H33NO2. The van der Waals surface area contributed by atoms with Gasteiger partial charge >= 0.3 is 5.97 Å². The summed E-state index contributed by atoms with van der Waals surface area (Å²) < 4.78 is 0. The summed E-state index contributed by atoms with van der Waals surface area (Å²) in [4.78, 5) is 13.4. The van der Waals surface area contributed by atoms with E-state index in [1.807, 2.05) is 0 Å². The third-order valence-corrected chi connectivity index (χ3v) is 5.77. The second kappa shape index (κ2) is 7.62. The van der Waals surface area contributed by atoms with E-state index in [9.17, 15) is 4.79 Å².